The molecular weight excluding hydrogens is 364 g/mol. The summed E-state index contributed by atoms with van der Waals surface area (Å²) in [7, 11) is 1.41. The van der Waals surface area contributed by atoms with Crippen LogP contribution in [0.2, 0.25) is 0 Å². The van der Waals surface area contributed by atoms with Gasteiger partial charge in [0, 0.05) is 28.7 Å². The number of hydrogen-bond donors (Lipinski definition) is 0. The normalized spacial score (nSPS) is 13.6. The minimum absolute atomic E-state index is 0.0538. The summed E-state index contributed by atoms with van der Waals surface area (Å²) < 4.78 is 4.72. The molecule has 1 unspecified atom stereocenters. The molecule has 0 aliphatic heterocycles. The minimum atomic E-state index is -0.190. The number of fused-ring (bicyclic) bond motifs is 2. The van der Waals surface area contributed by atoms with E-state index in [2.05, 4.69) is 6.92 Å². The van der Waals surface area contributed by atoms with Gasteiger partial charge in [0.15, 0.2) is 11.6 Å². The summed E-state index contributed by atoms with van der Waals surface area (Å²) in [5.74, 6) is -0.118. The van der Waals surface area contributed by atoms with Crippen LogP contribution in [0.3, 0.4) is 0 Å². The molecule has 3 rings (SSSR count). The lowest BCUT2D eigenvalue weighted by Crippen LogP contribution is -2.23. The summed E-state index contributed by atoms with van der Waals surface area (Å²) in [6.07, 6.45) is 6.04. The predicted octanol–water partition coefficient (Wildman–Crippen LogP) is 5.47. The van der Waals surface area contributed by atoms with Gasteiger partial charge in [-0.15, -0.1) is 0 Å². The molecule has 2 aromatic rings. The fourth-order valence-electron chi connectivity index (χ4n) is 4.18. The van der Waals surface area contributed by atoms with Crippen LogP contribution in [0.15, 0.2) is 42.5 Å². The van der Waals surface area contributed by atoms with Gasteiger partial charge < -0.3 is 4.74 Å². The van der Waals surface area contributed by atoms with Gasteiger partial charge in [0.2, 0.25) is 0 Å². The zero-order valence-electron chi connectivity index (χ0n) is 17.2. The monoisotopic (exact) mass is 392 g/mol. The molecule has 0 heterocycles. The molecule has 1 aliphatic rings. The third kappa shape index (κ3) is 4.47. The largest absolute Gasteiger partial charge is 0.469 e. The molecule has 0 saturated carbocycles. The molecule has 0 aromatic heterocycles. The number of benzene rings is 2. The number of rotatable bonds is 9. The van der Waals surface area contributed by atoms with Crippen molar-refractivity contribution in [2.24, 2.45) is 0 Å². The molecule has 0 fully saturated rings. The lowest BCUT2D eigenvalue weighted by atomic mass is 9.77. The van der Waals surface area contributed by atoms with E-state index in [1.54, 1.807) is 30.3 Å². The van der Waals surface area contributed by atoms with Gasteiger partial charge in [0.25, 0.3) is 0 Å². The molecule has 1 atom stereocenters. The third-order valence-electron chi connectivity index (χ3n) is 5.74. The smallest absolute Gasteiger partial charge is 0.305 e. The van der Waals surface area contributed by atoms with E-state index < -0.39 is 0 Å². The van der Waals surface area contributed by atoms with Crippen LogP contribution in [0.1, 0.15) is 95.2 Å². The Labute approximate surface area is 172 Å². The number of carbonyl (C=O) groups excluding carboxylic acids is 3. The van der Waals surface area contributed by atoms with Crippen LogP contribution in [0.25, 0.3) is 0 Å². The highest BCUT2D eigenvalue weighted by Crippen LogP contribution is 2.36. The van der Waals surface area contributed by atoms with Crippen LogP contribution < -0.4 is 0 Å². The van der Waals surface area contributed by atoms with E-state index in [1.165, 1.54) is 7.11 Å². The maximum Gasteiger partial charge on any atom is 0.305 e. The van der Waals surface area contributed by atoms with Gasteiger partial charge in [0.05, 0.1) is 7.11 Å². The first-order chi connectivity index (χ1) is 14.1. The van der Waals surface area contributed by atoms with Crippen molar-refractivity contribution in [3.63, 3.8) is 0 Å². The molecule has 1 aliphatic carbocycles. The molecule has 0 saturated heterocycles. The summed E-state index contributed by atoms with van der Waals surface area (Å²) in [6.45, 7) is 2.15. The van der Waals surface area contributed by atoms with Crippen molar-refractivity contribution in [3.8, 4) is 0 Å². The average molecular weight is 392 g/mol. The van der Waals surface area contributed by atoms with Gasteiger partial charge in [-0.2, -0.15) is 0 Å². The maximum atomic E-state index is 13.3. The summed E-state index contributed by atoms with van der Waals surface area (Å²) in [4.78, 5) is 37.7. The first-order valence-corrected chi connectivity index (χ1v) is 10.5. The van der Waals surface area contributed by atoms with Crippen LogP contribution in [0.4, 0.5) is 0 Å². The third-order valence-corrected chi connectivity index (χ3v) is 5.74. The van der Waals surface area contributed by atoms with Crippen LogP contribution in [-0.2, 0) is 9.53 Å². The van der Waals surface area contributed by atoms with Crippen molar-refractivity contribution < 1.29 is 19.1 Å². The second-order valence-corrected chi connectivity index (χ2v) is 7.63. The van der Waals surface area contributed by atoms with E-state index in [-0.39, 0.29) is 23.5 Å². The summed E-state index contributed by atoms with van der Waals surface area (Å²) in [6, 6.07) is 12.7. The van der Waals surface area contributed by atoms with Crippen molar-refractivity contribution in [1.82, 2.24) is 0 Å². The van der Waals surface area contributed by atoms with Gasteiger partial charge in [-0.25, -0.2) is 0 Å². The molecule has 0 amide bonds. The van der Waals surface area contributed by atoms with Gasteiger partial charge >= 0.3 is 5.97 Å². The Morgan fingerprint density at radius 1 is 0.862 bits per heavy atom. The first kappa shape index (κ1) is 21.0. The van der Waals surface area contributed by atoms with Crippen molar-refractivity contribution in [2.45, 2.75) is 57.8 Å². The SMILES string of the molecule is CCCCC(CCCCC(=O)OC)c1cccc2c1C(=O)c1ccccc1C2=O. The Bertz CT molecular complexity index is 913. The van der Waals surface area contributed by atoms with E-state index in [0.717, 1.165) is 44.1 Å². The molecule has 0 radical (unpaired) electrons. The number of esters is 1. The number of methoxy groups -OCH3 is 1. The number of ether oxygens (including phenoxy) is 1. The minimum Gasteiger partial charge on any atom is -0.469 e. The average Bonchev–Trinajstić information content (AvgIpc) is 2.76. The highest BCUT2D eigenvalue weighted by atomic mass is 16.5. The fourth-order valence-corrected chi connectivity index (χ4v) is 4.18. The first-order valence-electron chi connectivity index (χ1n) is 10.5. The van der Waals surface area contributed by atoms with Crippen LogP contribution >= 0.6 is 0 Å². The number of unbranched alkanes of at least 4 members (excludes halogenated alkanes) is 2. The van der Waals surface area contributed by atoms with Crippen molar-refractivity contribution in [1.29, 1.82) is 0 Å². The van der Waals surface area contributed by atoms with Gasteiger partial charge in [0.1, 0.15) is 0 Å². The lowest BCUT2D eigenvalue weighted by Gasteiger charge is -2.25. The van der Waals surface area contributed by atoms with E-state index in [4.69, 9.17) is 4.74 Å². The van der Waals surface area contributed by atoms with Crippen molar-refractivity contribution in [2.75, 3.05) is 7.11 Å². The fraction of sp³-hybridized carbons (Fsp3) is 0.400. The van der Waals surface area contributed by atoms with Crippen LogP contribution in [0, 0.1) is 0 Å². The van der Waals surface area contributed by atoms with E-state index in [0.29, 0.717) is 28.7 Å². The molecule has 4 nitrogen and oxygen atoms in total. The molecular formula is C25H28O4. The Balaban J connectivity index is 1.90. The summed E-state index contributed by atoms with van der Waals surface area (Å²) in [5.41, 5.74) is 3.05. The number of ketones is 2. The highest BCUT2D eigenvalue weighted by Gasteiger charge is 2.32. The summed E-state index contributed by atoms with van der Waals surface area (Å²) in [5, 5.41) is 0. The Morgan fingerprint density at radius 3 is 2.21 bits per heavy atom. The Hall–Kier alpha value is -2.75. The summed E-state index contributed by atoms with van der Waals surface area (Å²) >= 11 is 0. The number of carbonyl (C=O) groups is 3. The molecule has 4 heteroatoms. The van der Waals surface area contributed by atoms with Gasteiger partial charge in [-0.05, 0) is 30.7 Å². The van der Waals surface area contributed by atoms with E-state index in [9.17, 15) is 14.4 Å². The molecule has 0 bridgehead atoms. The zero-order valence-corrected chi connectivity index (χ0v) is 17.2. The van der Waals surface area contributed by atoms with Crippen LogP contribution in [0.5, 0.6) is 0 Å². The molecule has 0 N–H and O–H groups in total. The quantitative estimate of drug-likeness (QED) is 0.358. The predicted molar refractivity (Wildman–Crippen MR) is 112 cm³/mol. The van der Waals surface area contributed by atoms with E-state index in [1.807, 2.05) is 12.1 Å². The highest BCUT2D eigenvalue weighted by molar-refractivity contribution is 6.28. The molecule has 0 spiro atoms. The number of hydrogen-bond acceptors (Lipinski definition) is 4. The topological polar surface area (TPSA) is 60.4 Å². The Kier molecular flexibility index (Phi) is 6.97. The second kappa shape index (κ2) is 9.64. The molecule has 2 aromatic carbocycles. The van der Waals surface area contributed by atoms with E-state index >= 15 is 0 Å². The lowest BCUT2D eigenvalue weighted by molar-refractivity contribution is -0.140. The van der Waals surface area contributed by atoms with Gasteiger partial charge in [-0.1, -0.05) is 68.7 Å². The van der Waals surface area contributed by atoms with Gasteiger partial charge in [-0.3, -0.25) is 14.4 Å². The van der Waals surface area contributed by atoms with Crippen LogP contribution in [-0.4, -0.2) is 24.6 Å². The molecule has 29 heavy (non-hydrogen) atoms. The standard InChI is InChI=1S/C25H28O4/c1-3-4-10-17(11-5-8-16-22(26)29-2)18-14-9-15-21-23(18)25(28)20-13-7-6-12-19(20)24(21)27/h6-7,9,12-15,17H,3-5,8,10-11,16H2,1-2H3. The van der Waals surface area contributed by atoms with Crippen molar-refractivity contribution in [3.05, 3.63) is 70.3 Å². The second-order valence-electron chi connectivity index (χ2n) is 7.63. The molecule has 152 valence electrons. The maximum absolute atomic E-state index is 13.3. The van der Waals surface area contributed by atoms with Crippen molar-refractivity contribution >= 4 is 17.5 Å². The zero-order chi connectivity index (χ0) is 20.8. The Morgan fingerprint density at radius 2 is 1.52 bits per heavy atom.